The number of hydrogen-bond acceptors (Lipinski definition) is 5. The Morgan fingerprint density at radius 1 is 1.03 bits per heavy atom. The summed E-state index contributed by atoms with van der Waals surface area (Å²) in [5.74, 6) is -0.235. The van der Waals surface area contributed by atoms with E-state index in [1.54, 1.807) is 0 Å². The van der Waals surface area contributed by atoms with E-state index in [-0.39, 0.29) is 35.9 Å². The van der Waals surface area contributed by atoms with Gasteiger partial charge in [0.25, 0.3) is 8.32 Å². The summed E-state index contributed by atoms with van der Waals surface area (Å²) in [4.78, 5) is 26.9. The van der Waals surface area contributed by atoms with Gasteiger partial charge < -0.3 is 9.16 Å². The van der Waals surface area contributed by atoms with E-state index in [0.29, 0.717) is 13.0 Å². The largest absolute Gasteiger partial charge is 0.468 e. The Labute approximate surface area is 185 Å². The highest BCUT2D eigenvalue weighted by Gasteiger charge is 2.60. The minimum Gasteiger partial charge on any atom is -0.468 e. The van der Waals surface area contributed by atoms with E-state index in [4.69, 9.17) is 9.16 Å². The van der Waals surface area contributed by atoms with Gasteiger partial charge in [0, 0.05) is 19.4 Å². The van der Waals surface area contributed by atoms with E-state index in [0.717, 1.165) is 0 Å². The Hall–Kier alpha value is -2.28. The molecule has 31 heavy (non-hydrogen) atoms. The zero-order chi connectivity index (χ0) is 22.3. The van der Waals surface area contributed by atoms with E-state index in [1.165, 1.54) is 17.5 Å². The fourth-order valence-electron chi connectivity index (χ4n) is 5.48. The Bertz CT molecular complexity index is 917. The van der Waals surface area contributed by atoms with Crippen LogP contribution in [0.3, 0.4) is 0 Å². The first-order chi connectivity index (χ1) is 14.7. The van der Waals surface area contributed by atoms with Crippen molar-refractivity contribution in [2.24, 2.45) is 0 Å². The fourth-order valence-corrected chi connectivity index (χ4v) is 10.2. The van der Waals surface area contributed by atoms with Gasteiger partial charge in [0.1, 0.15) is 11.3 Å². The SMILES string of the molecule is COC(=O)[C@]12CC(=O)CN1C[C@@H](O[Si](c1ccccc1)(c1ccccc1)C(C)(C)C)C2. The summed E-state index contributed by atoms with van der Waals surface area (Å²) in [5.41, 5.74) is -0.887. The van der Waals surface area contributed by atoms with Gasteiger partial charge >= 0.3 is 5.97 Å². The molecule has 164 valence electrons. The second-order valence-corrected chi connectivity index (χ2v) is 14.0. The number of benzene rings is 2. The van der Waals surface area contributed by atoms with E-state index in [1.807, 2.05) is 17.0 Å². The maximum atomic E-state index is 12.8. The maximum Gasteiger partial charge on any atom is 0.326 e. The minimum absolute atomic E-state index is 0.0919. The van der Waals surface area contributed by atoms with Crippen LogP contribution in [-0.2, 0) is 18.8 Å². The molecule has 2 aromatic carbocycles. The second kappa shape index (κ2) is 8.00. The number of carbonyl (C=O) groups excluding carboxylic acids is 2. The number of methoxy groups -OCH3 is 1. The van der Waals surface area contributed by atoms with Gasteiger partial charge in [-0.15, -0.1) is 0 Å². The van der Waals surface area contributed by atoms with Crippen molar-refractivity contribution >= 4 is 30.4 Å². The molecule has 0 spiro atoms. The van der Waals surface area contributed by atoms with Gasteiger partial charge in [-0.05, 0) is 15.4 Å². The van der Waals surface area contributed by atoms with Crippen LogP contribution < -0.4 is 10.4 Å². The first-order valence-corrected chi connectivity index (χ1v) is 12.8. The van der Waals surface area contributed by atoms with Crippen molar-refractivity contribution < 1.29 is 18.8 Å². The molecule has 2 atom stereocenters. The number of carbonyl (C=O) groups is 2. The van der Waals surface area contributed by atoms with Gasteiger partial charge in [0.05, 0.1) is 19.8 Å². The van der Waals surface area contributed by atoms with Crippen molar-refractivity contribution in [3.63, 3.8) is 0 Å². The summed E-state index contributed by atoms with van der Waals surface area (Å²) >= 11 is 0. The van der Waals surface area contributed by atoms with Crippen molar-refractivity contribution in [3.8, 4) is 0 Å². The highest BCUT2D eigenvalue weighted by Crippen LogP contribution is 2.43. The fraction of sp³-hybridized carbons (Fsp3) is 0.440. The van der Waals surface area contributed by atoms with Crippen LogP contribution in [0, 0.1) is 0 Å². The third-order valence-corrected chi connectivity index (χ3v) is 11.9. The lowest BCUT2D eigenvalue weighted by Crippen LogP contribution is -2.68. The second-order valence-electron chi connectivity index (χ2n) is 9.73. The van der Waals surface area contributed by atoms with Gasteiger partial charge in [-0.3, -0.25) is 14.5 Å². The lowest BCUT2D eigenvalue weighted by Gasteiger charge is -2.44. The first kappa shape index (κ1) is 21.9. The quantitative estimate of drug-likeness (QED) is 0.532. The Morgan fingerprint density at radius 2 is 1.58 bits per heavy atom. The molecule has 0 aliphatic carbocycles. The highest BCUT2D eigenvalue weighted by atomic mass is 28.4. The average molecular weight is 438 g/mol. The first-order valence-electron chi connectivity index (χ1n) is 10.9. The molecule has 2 saturated heterocycles. The van der Waals surface area contributed by atoms with Gasteiger partial charge in [0.2, 0.25) is 0 Å². The monoisotopic (exact) mass is 437 g/mol. The van der Waals surface area contributed by atoms with Crippen molar-refractivity contribution in [2.45, 2.75) is 50.3 Å². The molecule has 2 aliphatic heterocycles. The van der Waals surface area contributed by atoms with Crippen LogP contribution in [0.25, 0.3) is 0 Å². The predicted octanol–water partition coefficient (Wildman–Crippen LogP) is 2.52. The normalized spacial score (nSPS) is 24.3. The topological polar surface area (TPSA) is 55.8 Å². The Kier molecular flexibility index (Phi) is 5.66. The minimum atomic E-state index is -2.72. The molecule has 4 rings (SSSR count). The molecule has 5 nitrogen and oxygen atoms in total. The van der Waals surface area contributed by atoms with Gasteiger partial charge in [0.15, 0.2) is 0 Å². The van der Waals surface area contributed by atoms with E-state index < -0.39 is 13.9 Å². The zero-order valence-corrected chi connectivity index (χ0v) is 19.8. The number of ketones is 1. The van der Waals surface area contributed by atoms with Crippen LogP contribution in [0.4, 0.5) is 0 Å². The van der Waals surface area contributed by atoms with Crippen molar-refractivity contribution in [2.75, 3.05) is 20.2 Å². The van der Waals surface area contributed by atoms with Crippen molar-refractivity contribution in [1.82, 2.24) is 4.90 Å². The van der Waals surface area contributed by atoms with E-state index in [9.17, 15) is 9.59 Å². The molecule has 0 unspecified atom stereocenters. The zero-order valence-electron chi connectivity index (χ0n) is 18.8. The third-order valence-electron chi connectivity index (χ3n) is 6.78. The Balaban J connectivity index is 1.78. The maximum absolute atomic E-state index is 12.8. The van der Waals surface area contributed by atoms with E-state index in [2.05, 4.69) is 69.3 Å². The smallest absolute Gasteiger partial charge is 0.326 e. The molecule has 0 bridgehead atoms. The van der Waals surface area contributed by atoms with E-state index >= 15 is 0 Å². The summed E-state index contributed by atoms with van der Waals surface area (Å²) in [7, 11) is -1.32. The van der Waals surface area contributed by atoms with Crippen LogP contribution in [-0.4, -0.2) is 56.8 Å². The molecule has 2 aromatic rings. The number of ether oxygens (including phenoxy) is 1. The molecule has 6 heteroatoms. The molecular weight excluding hydrogens is 406 g/mol. The summed E-state index contributed by atoms with van der Waals surface area (Å²) in [6.45, 7) is 7.58. The van der Waals surface area contributed by atoms with Crippen LogP contribution in [0.1, 0.15) is 33.6 Å². The Morgan fingerprint density at radius 3 is 2.06 bits per heavy atom. The lowest BCUT2D eigenvalue weighted by molar-refractivity contribution is -0.152. The number of hydrogen-bond donors (Lipinski definition) is 0. The highest BCUT2D eigenvalue weighted by molar-refractivity contribution is 6.99. The summed E-state index contributed by atoms with van der Waals surface area (Å²) in [5, 5.41) is 2.28. The standard InChI is InChI=1S/C25H31NO4Si/c1-24(2,3)31(21-11-7-5-8-12-21,22-13-9-6-10-14-22)30-20-16-25(23(28)29-4)15-19(27)17-26(25)18-20/h5-14,20H,15-18H2,1-4H3/t20-,25+/m0/s1. The molecular formula is C25H31NO4Si. The molecule has 2 heterocycles. The number of esters is 1. The van der Waals surface area contributed by atoms with Crippen LogP contribution in [0.15, 0.2) is 60.7 Å². The number of rotatable bonds is 5. The number of Topliss-reactive ketones (excluding diaryl/α,β-unsaturated/α-hetero) is 1. The third kappa shape index (κ3) is 3.56. The number of fused-ring (bicyclic) bond motifs is 1. The molecule has 0 aromatic heterocycles. The van der Waals surface area contributed by atoms with Gasteiger partial charge in [-0.1, -0.05) is 81.4 Å². The molecule has 0 amide bonds. The van der Waals surface area contributed by atoms with Gasteiger partial charge in [-0.25, -0.2) is 0 Å². The molecule has 2 fully saturated rings. The average Bonchev–Trinajstić information content (AvgIpc) is 3.24. The summed E-state index contributed by atoms with van der Waals surface area (Å²) in [6.07, 6.45) is 0.537. The molecule has 0 radical (unpaired) electrons. The predicted molar refractivity (Wildman–Crippen MR) is 123 cm³/mol. The molecule has 0 saturated carbocycles. The van der Waals surface area contributed by atoms with Crippen molar-refractivity contribution in [3.05, 3.63) is 60.7 Å². The van der Waals surface area contributed by atoms with Crippen molar-refractivity contribution in [1.29, 1.82) is 0 Å². The number of nitrogens with zero attached hydrogens (tertiary/aromatic N) is 1. The van der Waals surface area contributed by atoms with Crippen LogP contribution >= 0.6 is 0 Å². The molecule has 2 aliphatic rings. The van der Waals surface area contributed by atoms with Gasteiger partial charge in [-0.2, -0.15) is 0 Å². The summed E-state index contributed by atoms with van der Waals surface area (Å²) in [6, 6.07) is 21.0. The lowest BCUT2D eigenvalue weighted by atomic mass is 9.93. The molecule has 0 N–H and O–H groups in total. The summed E-state index contributed by atoms with van der Waals surface area (Å²) < 4.78 is 12.3. The van der Waals surface area contributed by atoms with Crippen LogP contribution in [0.5, 0.6) is 0 Å². The van der Waals surface area contributed by atoms with Crippen LogP contribution in [0.2, 0.25) is 5.04 Å².